The van der Waals surface area contributed by atoms with Crippen molar-refractivity contribution in [1.82, 2.24) is 0 Å². The SMILES string of the molecule is C1=CCCCCC=C1.O=S(=O)([O-])C(F)(F)F.O=S(=O)([O-])C(F)(F)F.O=S(=O)([O-])C(F)(F)F.[Rh+3].c1ccccc1. The van der Waals surface area contributed by atoms with E-state index in [1.807, 2.05) is 36.4 Å². The molecule has 0 N–H and O–H groups in total. The first-order valence-corrected chi connectivity index (χ1v) is 13.4. The van der Waals surface area contributed by atoms with Gasteiger partial charge in [0.25, 0.3) is 0 Å². The molecule has 9 nitrogen and oxygen atoms in total. The van der Waals surface area contributed by atoms with E-state index in [4.69, 9.17) is 38.9 Å². The number of allylic oxidation sites excluding steroid dienone is 4. The van der Waals surface area contributed by atoms with Gasteiger partial charge < -0.3 is 13.7 Å². The van der Waals surface area contributed by atoms with Gasteiger partial charge in [-0.2, -0.15) is 39.5 Å². The maximum absolute atomic E-state index is 10.7. The second-order valence-electron chi connectivity index (χ2n) is 6.00. The van der Waals surface area contributed by atoms with Crippen LogP contribution in [0.3, 0.4) is 0 Å². The van der Waals surface area contributed by atoms with Gasteiger partial charge in [-0.3, -0.25) is 0 Å². The van der Waals surface area contributed by atoms with Crippen molar-refractivity contribution in [2.75, 3.05) is 0 Å². The minimum Gasteiger partial charge on any atom is -0.741 e. The predicted molar refractivity (Wildman–Crippen MR) is 110 cm³/mol. The molecule has 230 valence electrons. The van der Waals surface area contributed by atoms with E-state index in [1.54, 1.807) is 0 Å². The number of rotatable bonds is 0. The normalized spacial score (nSPS) is 13.9. The first-order valence-electron chi connectivity index (χ1n) is 9.13. The molecule has 0 saturated heterocycles. The molecule has 0 aliphatic heterocycles. The Hall–Kier alpha value is -1.58. The van der Waals surface area contributed by atoms with Gasteiger partial charge in [-0.15, -0.1) is 0 Å². The van der Waals surface area contributed by atoms with Crippen molar-refractivity contribution in [1.29, 1.82) is 0 Å². The zero-order valence-corrected chi connectivity index (χ0v) is 22.8. The van der Waals surface area contributed by atoms with E-state index in [2.05, 4.69) is 24.3 Å². The number of benzene rings is 1. The molecule has 1 aromatic carbocycles. The summed E-state index contributed by atoms with van der Waals surface area (Å²) in [7, 11) is -18.3. The Bertz CT molecular complexity index is 1010. The second kappa shape index (κ2) is 19.5. The van der Waals surface area contributed by atoms with Gasteiger partial charge in [0.2, 0.25) is 0 Å². The summed E-state index contributed by atoms with van der Waals surface area (Å²) in [5, 5.41) is 0. The predicted octanol–water partition coefficient (Wildman–Crippen LogP) is 4.51. The Balaban J connectivity index is -0.000000196. The molecule has 0 atom stereocenters. The van der Waals surface area contributed by atoms with Gasteiger partial charge in [-0.1, -0.05) is 60.7 Å². The molecule has 0 unspecified atom stereocenters. The Morgan fingerprint density at radius 3 is 0.744 bits per heavy atom. The van der Waals surface area contributed by atoms with Gasteiger partial charge in [0.15, 0.2) is 30.4 Å². The van der Waals surface area contributed by atoms with Crippen molar-refractivity contribution in [3.63, 3.8) is 0 Å². The molecule has 0 heterocycles. The summed E-state index contributed by atoms with van der Waals surface area (Å²) in [6.45, 7) is 0. The van der Waals surface area contributed by atoms with Crippen LogP contribution < -0.4 is 0 Å². The summed E-state index contributed by atoms with van der Waals surface area (Å²) in [6.07, 6.45) is 14.0. The Kier molecular flexibility index (Phi) is 22.2. The molecule has 0 aromatic heterocycles. The summed E-state index contributed by atoms with van der Waals surface area (Å²) >= 11 is 0. The van der Waals surface area contributed by atoms with Crippen LogP contribution in [0, 0.1) is 0 Å². The molecule has 0 radical (unpaired) electrons. The fraction of sp³-hybridized carbons (Fsp3) is 0.412. The van der Waals surface area contributed by atoms with E-state index >= 15 is 0 Å². The fourth-order valence-electron chi connectivity index (χ4n) is 1.26. The Morgan fingerprint density at radius 1 is 0.462 bits per heavy atom. The fourth-order valence-corrected chi connectivity index (χ4v) is 1.26. The van der Waals surface area contributed by atoms with Crippen LogP contribution in [0.1, 0.15) is 25.7 Å². The van der Waals surface area contributed by atoms with Crippen LogP contribution >= 0.6 is 0 Å². The zero-order valence-electron chi connectivity index (χ0n) is 18.7. The van der Waals surface area contributed by atoms with Crippen LogP contribution in [0.5, 0.6) is 0 Å². The van der Waals surface area contributed by atoms with E-state index in [0.717, 1.165) is 0 Å². The van der Waals surface area contributed by atoms with Crippen LogP contribution in [-0.4, -0.2) is 55.4 Å². The van der Waals surface area contributed by atoms with Crippen molar-refractivity contribution in [2.45, 2.75) is 42.2 Å². The summed E-state index contributed by atoms with van der Waals surface area (Å²) in [6, 6.07) is 12.0. The van der Waals surface area contributed by atoms with Crippen molar-refractivity contribution >= 4 is 30.4 Å². The smallest absolute Gasteiger partial charge is 0.741 e. The van der Waals surface area contributed by atoms with Crippen LogP contribution in [0.2, 0.25) is 0 Å². The van der Waals surface area contributed by atoms with Crippen LogP contribution in [-0.2, 0) is 49.8 Å². The molecule has 0 fully saturated rings. The Labute approximate surface area is 230 Å². The summed E-state index contributed by atoms with van der Waals surface area (Å²) < 4.78 is 177. The second-order valence-corrected chi connectivity index (χ2v) is 10.1. The summed E-state index contributed by atoms with van der Waals surface area (Å²) in [5.74, 6) is 0. The summed E-state index contributed by atoms with van der Waals surface area (Å²) in [4.78, 5) is 0. The maximum Gasteiger partial charge on any atom is 3.00 e. The van der Waals surface area contributed by atoms with Gasteiger partial charge in [0, 0.05) is 0 Å². The molecule has 1 aromatic rings. The molecule has 0 spiro atoms. The molecular formula is C17H18F9O9RhS3. The molecule has 1 aliphatic rings. The van der Waals surface area contributed by atoms with Gasteiger partial charge in [-0.25, -0.2) is 25.3 Å². The van der Waals surface area contributed by atoms with Gasteiger partial charge in [0.05, 0.1) is 0 Å². The standard InChI is InChI=1S/C8H12.C6H6.3CHF3O3S.Rh/c1-2-4-6-8-7-5-3-1;1-2-4-6-5-3-1;3*2-1(3,4)8(5,6)7;/h1-4H,5-8H2;1-6H;3*(H,5,6,7);/q;;;;;+3/p-3. The minimum absolute atomic E-state index is 0. The topological polar surface area (TPSA) is 172 Å². The monoisotopic (exact) mass is 736 g/mol. The minimum atomic E-state index is -6.09. The molecule has 0 amide bonds. The number of hydrogen-bond acceptors (Lipinski definition) is 9. The zero-order chi connectivity index (χ0) is 30.9. The number of alkyl halides is 9. The van der Waals surface area contributed by atoms with Gasteiger partial charge >= 0.3 is 36.0 Å². The van der Waals surface area contributed by atoms with E-state index in [-0.39, 0.29) is 19.5 Å². The molecule has 2 rings (SSSR count). The quantitative estimate of drug-likeness (QED) is 0.161. The summed E-state index contributed by atoms with van der Waals surface area (Å²) in [5.41, 5.74) is -16.9. The molecule has 0 saturated carbocycles. The van der Waals surface area contributed by atoms with Crippen molar-refractivity contribution in [2.24, 2.45) is 0 Å². The largest absolute Gasteiger partial charge is 3.00 e. The number of hydrogen-bond donors (Lipinski definition) is 0. The molecular weight excluding hydrogens is 718 g/mol. The van der Waals surface area contributed by atoms with Crippen LogP contribution in [0.15, 0.2) is 60.7 Å². The first kappa shape index (κ1) is 44.4. The average Bonchev–Trinajstić information content (AvgIpc) is 2.66. The Morgan fingerprint density at radius 2 is 0.615 bits per heavy atom. The van der Waals surface area contributed by atoms with E-state index < -0.39 is 46.9 Å². The first-order chi connectivity index (χ1) is 16.8. The van der Waals surface area contributed by atoms with E-state index in [0.29, 0.717) is 0 Å². The third-order valence-electron chi connectivity index (χ3n) is 2.89. The molecule has 1 aliphatic carbocycles. The molecule has 0 bridgehead atoms. The van der Waals surface area contributed by atoms with Crippen LogP contribution in [0.25, 0.3) is 0 Å². The third-order valence-corrected chi connectivity index (χ3v) is 4.59. The van der Waals surface area contributed by atoms with Gasteiger partial charge in [0.1, 0.15) is 0 Å². The van der Waals surface area contributed by atoms with E-state index in [1.165, 1.54) is 25.7 Å². The van der Waals surface area contributed by atoms with Crippen molar-refractivity contribution < 1.29 is 97.9 Å². The van der Waals surface area contributed by atoms with Crippen LogP contribution in [0.4, 0.5) is 39.5 Å². The molecule has 39 heavy (non-hydrogen) atoms. The third kappa shape index (κ3) is 27.8. The average molecular weight is 736 g/mol. The van der Waals surface area contributed by atoms with Crippen molar-refractivity contribution in [3.8, 4) is 0 Å². The maximum atomic E-state index is 10.7. The molecule has 22 heteroatoms. The van der Waals surface area contributed by atoms with Crippen molar-refractivity contribution in [3.05, 3.63) is 60.7 Å². The van der Waals surface area contributed by atoms with Gasteiger partial charge in [-0.05, 0) is 25.7 Å². The number of halogens is 9. The van der Waals surface area contributed by atoms with E-state index in [9.17, 15) is 39.5 Å².